The number of rotatable bonds is 4. The van der Waals surface area contributed by atoms with Crippen molar-refractivity contribution in [3.8, 4) is 5.75 Å². The SMILES string of the molecule is NS(=O)(=O)CCOc1ccc(Br)cc1. The molecular weight excluding hydrogens is 270 g/mol. The predicted octanol–water partition coefficient (Wildman–Crippen LogP) is 1.12. The average molecular weight is 280 g/mol. The second kappa shape index (κ2) is 4.77. The summed E-state index contributed by atoms with van der Waals surface area (Å²) in [5, 5.41) is 4.81. The van der Waals surface area contributed by atoms with Crippen LogP contribution in [0.2, 0.25) is 0 Å². The third-order valence-electron chi connectivity index (χ3n) is 1.45. The van der Waals surface area contributed by atoms with Crippen LogP contribution in [0.5, 0.6) is 5.75 Å². The fourth-order valence-corrected chi connectivity index (χ4v) is 1.39. The first-order valence-corrected chi connectivity index (χ1v) is 6.37. The van der Waals surface area contributed by atoms with Crippen LogP contribution in [-0.2, 0) is 10.0 Å². The number of primary sulfonamides is 1. The van der Waals surface area contributed by atoms with E-state index in [9.17, 15) is 8.42 Å². The smallest absolute Gasteiger partial charge is 0.212 e. The molecule has 0 aliphatic heterocycles. The van der Waals surface area contributed by atoms with E-state index in [2.05, 4.69) is 15.9 Å². The molecule has 0 unspecified atom stereocenters. The van der Waals surface area contributed by atoms with Crippen LogP contribution >= 0.6 is 15.9 Å². The third kappa shape index (κ3) is 4.59. The molecular formula is C8H10BrNO3S. The molecule has 0 aliphatic carbocycles. The van der Waals surface area contributed by atoms with Crippen molar-refractivity contribution in [3.63, 3.8) is 0 Å². The number of hydrogen-bond acceptors (Lipinski definition) is 3. The van der Waals surface area contributed by atoms with E-state index in [1.165, 1.54) is 0 Å². The lowest BCUT2D eigenvalue weighted by Gasteiger charge is -2.04. The Morgan fingerprint density at radius 2 is 1.86 bits per heavy atom. The summed E-state index contributed by atoms with van der Waals surface area (Å²) >= 11 is 3.27. The van der Waals surface area contributed by atoms with Gasteiger partial charge in [-0.3, -0.25) is 0 Å². The molecule has 78 valence electrons. The van der Waals surface area contributed by atoms with E-state index in [1.54, 1.807) is 12.1 Å². The minimum Gasteiger partial charge on any atom is -0.492 e. The van der Waals surface area contributed by atoms with Gasteiger partial charge < -0.3 is 4.74 Å². The highest BCUT2D eigenvalue weighted by molar-refractivity contribution is 9.10. The van der Waals surface area contributed by atoms with E-state index in [0.717, 1.165) is 4.47 Å². The minimum absolute atomic E-state index is 0.0699. The van der Waals surface area contributed by atoms with Gasteiger partial charge in [0.25, 0.3) is 0 Å². The second-order valence-corrected chi connectivity index (χ2v) is 5.32. The molecule has 6 heteroatoms. The number of sulfonamides is 1. The summed E-state index contributed by atoms with van der Waals surface area (Å²) in [6, 6.07) is 7.11. The fourth-order valence-electron chi connectivity index (χ4n) is 0.806. The first kappa shape index (κ1) is 11.5. The molecule has 0 fully saturated rings. The summed E-state index contributed by atoms with van der Waals surface area (Å²) in [5.41, 5.74) is 0. The number of benzene rings is 1. The van der Waals surface area contributed by atoms with Crippen LogP contribution in [0, 0.1) is 0 Å². The first-order valence-electron chi connectivity index (χ1n) is 3.86. The molecule has 0 radical (unpaired) electrons. The summed E-state index contributed by atoms with van der Waals surface area (Å²) in [6.07, 6.45) is 0. The number of halogens is 1. The number of ether oxygens (including phenoxy) is 1. The van der Waals surface area contributed by atoms with Crippen LogP contribution < -0.4 is 9.88 Å². The zero-order chi connectivity index (χ0) is 10.6. The Labute approximate surface area is 91.2 Å². The highest BCUT2D eigenvalue weighted by Gasteiger charge is 2.02. The number of nitrogens with two attached hydrogens (primary N) is 1. The van der Waals surface area contributed by atoms with Gasteiger partial charge in [0.2, 0.25) is 10.0 Å². The van der Waals surface area contributed by atoms with Gasteiger partial charge in [-0.05, 0) is 24.3 Å². The normalized spacial score (nSPS) is 11.3. The quantitative estimate of drug-likeness (QED) is 0.898. The van der Waals surface area contributed by atoms with Gasteiger partial charge in [0.15, 0.2) is 0 Å². The molecule has 0 saturated heterocycles. The molecule has 0 aromatic heterocycles. The molecule has 1 aromatic rings. The van der Waals surface area contributed by atoms with E-state index < -0.39 is 10.0 Å². The molecule has 0 bridgehead atoms. The third-order valence-corrected chi connectivity index (χ3v) is 2.71. The van der Waals surface area contributed by atoms with Crippen LogP contribution in [0.25, 0.3) is 0 Å². The average Bonchev–Trinajstić information content (AvgIpc) is 2.06. The van der Waals surface area contributed by atoms with Crippen LogP contribution in [0.1, 0.15) is 0 Å². The van der Waals surface area contributed by atoms with Gasteiger partial charge in [-0.2, -0.15) is 0 Å². The standard InChI is InChI=1S/C8H10BrNO3S/c9-7-1-3-8(4-2-7)13-5-6-14(10,11)12/h1-4H,5-6H2,(H2,10,11,12). The van der Waals surface area contributed by atoms with Gasteiger partial charge >= 0.3 is 0 Å². The Balaban J connectivity index is 2.43. The van der Waals surface area contributed by atoms with Crippen molar-refractivity contribution >= 4 is 26.0 Å². The molecule has 0 spiro atoms. The Kier molecular flexibility index (Phi) is 3.91. The van der Waals surface area contributed by atoms with Crippen LogP contribution in [0.15, 0.2) is 28.7 Å². The van der Waals surface area contributed by atoms with Gasteiger partial charge in [-0.25, -0.2) is 13.6 Å². The molecule has 0 saturated carbocycles. The van der Waals surface area contributed by atoms with Crippen molar-refractivity contribution in [3.05, 3.63) is 28.7 Å². The highest BCUT2D eigenvalue weighted by Crippen LogP contribution is 2.15. The van der Waals surface area contributed by atoms with E-state index in [-0.39, 0.29) is 12.4 Å². The Morgan fingerprint density at radius 1 is 1.29 bits per heavy atom. The van der Waals surface area contributed by atoms with Crippen molar-refractivity contribution in [1.82, 2.24) is 0 Å². The largest absolute Gasteiger partial charge is 0.492 e. The van der Waals surface area contributed by atoms with Gasteiger partial charge in [-0.15, -0.1) is 0 Å². The molecule has 14 heavy (non-hydrogen) atoms. The Bertz CT molecular complexity index is 388. The topological polar surface area (TPSA) is 69.4 Å². The van der Waals surface area contributed by atoms with E-state index in [0.29, 0.717) is 5.75 Å². The zero-order valence-corrected chi connectivity index (χ0v) is 9.71. The molecule has 0 aliphatic rings. The maximum atomic E-state index is 10.6. The van der Waals surface area contributed by atoms with Gasteiger partial charge in [-0.1, -0.05) is 15.9 Å². The number of hydrogen-bond donors (Lipinski definition) is 1. The zero-order valence-electron chi connectivity index (χ0n) is 7.31. The van der Waals surface area contributed by atoms with Crippen molar-refractivity contribution in [2.24, 2.45) is 5.14 Å². The molecule has 1 aromatic carbocycles. The van der Waals surface area contributed by atoms with Crippen molar-refractivity contribution in [2.75, 3.05) is 12.4 Å². The van der Waals surface area contributed by atoms with Crippen molar-refractivity contribution in [1.29, 1.82) is 0 Å². The molecule has 1 rings (SSSR count). The van der Waals surface area contributed by atoms with E-state index in [1.807, 2.05) is 12.1 Å². The maximum absolute atomic E-state index is 10.6. The molecule has 2 N–H and O–H groups in total. The van der Waals surface area contributed by atoms with Gasteiger partial charge in [0.05, 0.1) is 5.75 Å². The van der Waals surface area contributed by atoms with E-state index in [4.69, 9.17) is 9.88 Å². The maximum Gasteiger partial charge on any atom is 0.212 e. The Hall–Kier alpha value is -0.590. The Morgan fingerprint density at radius 3 is 2.36 bits per heavy atom. The summed E-state index contributed by atoms with van der Waals surface area (Å²) in [6.45, 7) is 0.0699. The lowest BCUT2D eigenvalue weighted by molar-refractivity contribution is 0.341. The lowest BCUT2D eigenvalue weighted by atomic mass is 10.3. The van der Waals surface area contributed by atoms with E-state index >= 15 is 0 Å². The molecule has 0 amide bonds. The van der Waals surface area contributed by atoms with Crippen molar-refractivity contribution in [2.45, 2.75) is 0 Å². The summed E-state index contributed by atoms with van der Waals surface area (Å²) in [5.74, 6) is 0.445. The van der Waals surface area contributed by atoms with Gasteiger partial charge in [0, 0.05) is 4.47 Å². The minimum atomic E-state index is -3.44. The highest BCUT2D eigenvalue weighted by atomic mass is 79.9. The molecule has 0 heterocycles. The predicted molar refractivity (Wildman–Crippen MR) is 57.6 cm³/mol. The fraction of sp³-hybridized carbons (Fsp3) is 0.250. The van der Waals surface area contributed by atoms with Crippen LogP contribution in [-0.4, -0.2) is 20.8 Å². The van der Waals surface area contributed by atoms with Crippen LogP contribution in [0.3, 0.4) is 0 Å². The molecule has 0 atom stereocenters. The lowest BCUT2D eigenvalue weighted by Crippen LogP contribution is -2.21. The monoisotopic (exact) mass is 279 g/mol. The molecule has 4 nitrogen and oxygen atoms in total. The second-order valence-electron chi connectivity index (χ2n) is 2.67. The first-order chi connectivity index (χ1) is 6.47. The summed E-state index contributed by atoms with van der Waals surface area (Å²) in [4.78, 5) is 0. The summed E-state index contributed by atoms with van der Waals surface area (Å²) in [7, 11) is -3.44. The van der Waals surface area contributed by atoms with Crippen LogP contribution in [0.4, 0.5) is 0 Å². The van der Waals surface area contributed by atoms with Crippen molar-refractivity contribution < 1.29 is 13.2 Å². The summed E-state index contributed by atoms with van der Waals surface area (Å²) < 4.78 is 27.2. The van der Waals surface area contributed by atoms with Gasteiger partial charge in [0.1, 0.15) is 12.4 Å².